The predicted molar refractivity (Wildman–Crippen MR) is 132 cm³/mol. The lowest BCUT2D eigenvalue weighted by Gasteiger charge is -2.45. The Bertz CT molecular complexity index is 902. The van der Waals surface area contributed by atoms with Crippen LogP contribution in [0, 0.1) is 5.92 Å². The Kier molecular flexibility index (Phi) is 8.62. The van der Waals surface area contributed by atoms with E-state index in [0.717, 1.165) is 69.5 Å². The number of likely N-dealkylation sites (tertiary alicyclic amines) is 1. The van der Waals surface area contributed by atoms with Crippen molar-refractivity contribution in [1.82, 2.24) is 9.80 Å². The molecule has 1 N–H and O–H groups in total. The Morgan fingerprint density at radius 1 is 1.12 bits per heavy atom. The van der Waals surface area contributed by atoms with Gasteiger partial charge in [0, 0.05) is 43.7 Å². The van der Waals surface area contributed by atoms with Crippen LogP contribution in [-0.2, 0) is 16.1 Å². The van der Waals surface area contributed by atoms with Gasteiger partial charge in [-0.05, 0) is 55.1 Å². The maximum atomic E-state index is 12.8. The van der Waals surface area contributed by atoms with Crippen molar-refractivity contribution in [2.45, 2.75) is 31.8 Å². The number of ether oxygens (including phenoxy) is 2. The quantitative estimate of drug-likeness (QED) is 0.622. The van der Waals surface area contributed by atoms with E-state index >= 15 is 0 Å². The SMILES string of the molecule is COc1ccccc1NC(=O)CC[C@@H]1CN(Cc2ccc(Cl)cc2)CC[C@@H]1N1CCOCC1. The Labute approximate surface area is 201 Å². The maximum Gasteiger partial charge on any atom is 0.224 e. The molecule has 1 amide bonds. The largest absolute Gasteiger partial charge is 0.495 e. The van der Waals surface area contributed by atoms with Gasteiger partial charge in [0.05, 0.1) is 26.0 Å². The highest BCUT2D eigenvalue weighted by molar-refractivity contribution is 6.30. The van der Waals surface area contributed by atoms with Gasteiger partial charge in [-0.3, -0.25) is 14.6 Å². The number of para-hydroxylation sites is 2. The molecule has 2 heterocycles. The normalized spacial score (nSPS) is 22.1. The fourth-order valence-corrected chi connectivity index (χ4v) is 5.16. The fraction of sp³-hybridized carbons (Fsp3) is 0.500. The van der Waals surface area contributed by atoms with Gasteiger partial charge in [0.15, 0.2) is 0 Å². The highest BCUT2D eigenvalue weighted by Crippen LogP contribution is 2.29. The van der Waals surface area contributed by atoms with E-state index in [-0.39, 0.29) is 5.91 Å². The number of nitrogens with one attached hydrogen (secondary N) is 1. The number of anilines is 1. The molecule has 0 unspecified atom stereocenters. The van der Waals surface area contributed by atoms with E-state index in [4.69, 9.17) is 21.1 Å². The van der Waals surface area contributed by atoms with Gasteiger partial charge in [0.1, 0.15) is 5.75 Å². The molecule has 33 heavy (non-hydrogen) atoms. The summed E-state index contributed by atoms with van der Waals surface area (Å²) >= 11 is 6.06. The van der Waals surface area contributed by atoms with Crippen molar-refractivity contribution in [1.29, 1.82) is 0 Å². The summed E-state index contributed by atoms with van der Waals surface area (Å²) in [5.74, 6) is 1.16. The van der Waals surface area contributed by atoms with Crippen LogP contribution in [0.25, 0.3) is 0 Å². The third-order valence-corrected chi connectivity index (χ3v) is 6.99. The third kappa shape index (κ3) is 6.70. The molecule has 0 saturated carbocycles. The van der Waals surface area contributed by atoms with Gasteiger partial charge in [0.2, 0.25) is 5.91 Å². The number of carbonyl (C=O) groups is 1. The van der Waals surface area contributed by atoms with E-state index < -0.39 is 0 Å². The fourth-order valence-electron chi connectivity index (χ4n) is 5.04. The molecule has 2 atom stereocenters. The minimum atomic E-state index is 0.0371. The van der Waals surface area contributed by atoms with Crippen molar-refractivity contribution in [2.24, 2.45) is 5.92 Å². The molecule has 2 aliphatic heterocycles. The standard InChI is InChI=1S/C26H34ClN3O3/c1-32-25-5-3-2-4-23(25)28-26(31)11-8-21-19-29(18-20-6-9-22(27)10-7-20)13-12-24(21)30-14-16-33-17-15-30/h2-7,9-10,21,24H,8,11-19H2,1H3,(H,28,31)/t21-,24+/m1/s1. The van der Waals surface area contributed by atoms with Gasteiger partial charge in [-0.15, -0.1) is 0 Å². The Hall–Kier alpha value is -2.12. The first-order valence-corrected chi connectivity index (χ1v) is 12.2. The summed E-state index contributed by atoms with van der Waals surface area (Å²) in [6.07, 6.45) is 2.48. The zero-order valence-corrected chi connectivity index (χ0v) is 20.1. The van der Waals surface area contributed by atoms with E-state index in [1.807, 2.05) is 36.4 Å². The topological polar surface area (TPSA) is 54.0 Å². The number of piperidine rings is 1. The lowest BCUT2D eigenvalue weighted by atomic mass is 9.86. The molecule has 2 aromatic carbocycles. The third-order valence-electron chi connectivity index (χ3n) is 6.74. The smallest absolute Gasteiger partial charge is 0.224 e. The number of nitrogens with zero attached hydrogens (tertiary/aromatic N) is 2. The molecule has 2 fully saturated rings. The molecule has 0 bridgehead atoms. The van der Waals surface area contributed by atoms with E-state index in [1.54, 1.807) is 7.11 Å². The molecular weight excluding hydrogens is 438 g/mol. The van der Waals surface area contributed by atoms with Crippen LogP contribution in [0.1, 0.15) is 24.8 Å². The molecule has 7 heteroatoms. The molecule has 0 aliphatic carbocycles. The molecule has 178 valence electrons. The van der Waals surface area contributed by atoms with Gasteiger partial charge in [0.25, 0.3) is 0 Å². The lowest BCUT2D eigenvalue weighted by molar-refractivity contribution is -0.116. The minimum Gasteiger partial charge on any atom is -0.495 e. The molecule has 0 spiro atoms. The molecular formula is C26H34ClN3O3. The molecule has 2 saturated heterocycles. The summed E-state index contributed by atoms with van der Waals surface area (Å²) in [7, 11) is 1.62. The highest BCUT2D eigenvalue weighted by Gasteiger charge is 2.34. The van der Waals surface area contributed by atoms with Gasteiger partial charge < -0.3 is 14.8 Å². The molecule has 2 aromatic rings. The number of halogens is 1. The number of benzene rings is 2. The molecule has 6 nitrogen and oxygen atoms in total. The Balaban J connectivity index is 1.38. The summed E-state index contributed by atoms with van der Waals surface area (Å²) in [6.45, 7) is 6.52. The predicted octanol–water partition coefficient (Wildman–Crippen LogP) is 4.29. The second-order valence-corrected chi connectivity index (χ2v) is 9.35. The lowest BCUT2D eigenvalue weighted by Crippen LogP contribution is -2.53. The molecule has 2 aliphatic rings. The zero-order valence-electron chi connectivity index (χ0n) is 19.3. The number of amides is 1. The van der Waals surface area contributed by atoms with Crippen LogP contribution < -0.4 is 10.1 Å². The average Bonchev–Trinajstić information content (AvgIpc) is 2.85. The summed E-state index contributed by atoms with van der Waals surface area (Å²) in [5.41, 5.74) is 2.00. The second-order valence-electron chi connectivity index (χ2n) is 8.91. The maximum absolute atomic E-state index is 12.8. The van der Waals surface area contributed by atoms with Gasteiger partial charge in [-0.1, -0.05) is 35.9 Å². The summed E-state index contributed by atoms with van der Waals surface area (Å²) in [5, 5.41) is 3.80. The summed E-state index contributed by atoms with van der Waals surface area (Å²) in [4.78, 5) is 17.9. The number of morpholine rings is 1. The first-order valence-electron chi connectivity index (χ1n) is 11.8. The van der Waals surface area contributed by atoms with Crippen LogP contribution in [0.3, 0.4) is 0 Å². The van der Waals surface area contributed by atoms with Crippen molar-refractivity contribution in [3.8, 4) is 5.75 Å². The van der Waals surface area contributed by atoms with Gasteiger partial charge in [-0.25, -0.2) is 0 Å². The van der Waals surface area contributed by atoms with Crippen molar-refractivity contribution in [3.05, 3.63) is 59.1 Å². The minimum absolute atomic E-state index is 0.0371. The van der Waals surface area contributed by atoms with Gasteiger partial charge >= 0.3 is 0 Å². The first kappa shape index (κ1) is 24.0. The van der Waals surface area contributed by atoms with Crippen LogP contribution >= 0.6 is 11.6 Å². The van der Waals surface area contributed by atoms with E-state index in [1.165, 1.54) is 5.56 Å². The highest BCUT2D eigenvalue weighted by atomic mass is 35.5. The van der Waals surface area contributed by atoms with Crippen LogP contribution in [0.4, 0.5) is 5.69 Å². The van der Waals surface area contributed by atoms with Crippen molar-refractivity contribution < 1.29 is 14.3 Å². The van der Waals surface area contributed by atoms with Crippen LogP contribution in [0.15, 0.2) is 48.5 Å². The average molecular weight is 472 g/mol. The first-order chi connectivity index (χ1) is 16.1. The summed E-state index contributed by atoms with van der Waals surface area (Å²) in [6, 6.07) is 16.2. The van der Waals surface area contributed by atoms with Crippen LogP contribution in [-0.4, -0.2) is 68.3 Å². The summed E-state index contributed by atoms with van der Waals surface area (Å²) < 4.78 is 11.0. The van der Waals surface area contributed by atoms with E-state index in [2.05, 4.69) is 27.2 Å². The second kappa shape index (κ2) is 11.8. The monoisotopic (exact) mass is 471 g/mol. The van der Waals surface area contributed by atoms with Crippen molar-refractivity contribution in [3.63, 3.8) is 0 Å². The molecule has 4 rings (SSSR count). The van der Waals surface area contributed by atoms with E-state index in [9.17, 15) is 4.79 Å². The number of methoxy groups -OCH3 is 1. The van der Waals surface area contributed by atoms with Crippen LogP contribution in [0.2, 0.25) is 5.02 Å². The number of hydrogen-bond acceptors (Lipinski definition) is 5. The van der Waals surface area contributed by atoms with Crippen molar-refractivity contribution in [2.75, 3.05) is 51.8 Å². The van der Waals surface area contributed by atoms with Crippen LogP contribution in [0.5, 0.6) is 5.75 Å². The zero-order chi connectivity index (χ0) is 23.0. The Morgan fingerprint density at radius 3 is 2.64 bits per heavy atom. The number of rotatable bonds is 8. The number of hydrogen-bond donors (Lipinski definition) is 1. The molecule has 0 aromatic heterocycles. The molecule has 0 radical (unpaired) electrons. The van der Waals surface area contributed by atoms with E-state index in [0.29, 0.717) is 24.1 Å². The number of carbonyl (C=O) groups excluding carboxylic acids is 1. The van der Waals surface area contributed by atoms with Gasteiger partial charge in [-0.2, -0.15) is 0 Å². The van der Waals surface area contributed by atoms with Crippen molar-refractivity contribution >= 4 is 23.2 Å². The Morgan fingerprint density at radius 2 is 1.88 bits per heavy atom.